The van der Waals surface area contributed by atoms with Crippen LogP contribution in [0.25, 0.3) is 0 Å². The summed E-state index contributed by atoms with van der Waals surface area (Å²) < 4.78 is 0. The van der Waals surface area contributed by atoms with Crippen LogP contribution in [0.2, 0.25) is 0 Å². The Labute approximate surface area is 78.6 Å². The number of hydrogen-bond donors (Lipinski definition) is 3. The zero-order chi connectivity index (χ0) is 9.68. The summed E-state index contributed by atoms with van der Waals surface area (Å²) >= 11 is 0. The van der Waals surface area contributed by atoms with Gasteiger partial charge in [-0.15, -0.1) is 0 Å². The minimum atomic E-state index is -0.399. The number of nitrogens with one attached hydrogen (secondary N) is 1. The van der Waals surface area contributed by atoms with Gasteiger partial charge in [0.05, 0.1) is 6.10 Å². The highest BCUT2D eigenvalue weighted by atomic mass is 16.3. The van der Waals surface area contributed by atoms with Gasteiger partial charge in [0.15, 0.2) is 0 Å². The molecule has 0 saturated carbocycles. The highest BCUT2D eigenvalue weighted by Crippen LogP contribution is 2.14. The summed E-state index contributed by atoms with van der Waals surface area (Å²) in [4.78, 5) is 0. The van der Waals surface area contributed by atoms with E-state index < -0.39 is 6.10 Å². The number of hydrogen-bond acceptors (Lipinski definition) is 3. The molecule has 0 fully saturated rings. The molecule has 72 valence electrons. The van der Waals surface area contributed by atoms with E-state index in [1.165, 1.54) is 0 Å². The van der Waals surface area contributed by atoms with Crippen molar-refractivity contribution in [3.8, 4) is 0 Å². The van der Waals surface area contributed by atoms with Gasteiger partial charge in [0.2, 0.25) is 0 Å². The summed E-state index contributed by atoms with van der Waals surface area (Å²) in [6.45, 7) is 3.15. The monoisotopic (exact) mass is 180 g/mol. The first kappa shape index (κ1) is 10.0. The van der Waals surface area contributed by atoms with Gasteiger partial charge in [0.25, 0.3) is 0 Å². The van der Waals surface area contributed by atoms with Crippen molar-refractivity contribution < 1.29 is 5.11 Å². The molecule has 1 unspecified atom stereocenters. The van der Waals surface area contributed by atoms with Gasteiger partial charge in [-0.1, -0.05) is 12.1 Å². The molecular formula is C10H16N2O. The first-order valence-corrected chi connectivity index (χ1v) is 4.46. The molecule has 0 amide bonds. The van der Waals surface area contributed by atoms with Crippen LogP contribution in [0.15, 0.2) is 24.3 Å². The van der Waals surface area contributed by atoms with Gasteiger partial charge in [-0.3, -0.25) is 0 Å². The lowest BCUT2D eigenvalue weighted by Crippen LogP contribution is -2.12. The Morgan fingerprint density at radius 3 is 2.46 bits per heavy atom. The van der Waals surface area contributed by atoms with Crippen molar-refractivity contribution in [2.45, 2.75) is 13.0 Å². The van der Waals surface area contributed by atoms with Crippen LogP contribution in [0.1, 0.15) is 18.6 Å². The van der Waals surface area contributed by atoms with Gasteiger partial charge in [-0.25, -0.2) is 0 Å². The van der Waals surface area contributed by atoms with Crippen LogP contribution in [-0.4, -0.2) is 18.2 Å². The predicted octanol–water partition coefficient (Wildman–Crippen LogP) is 1.11. The van der Waals surface area contributed by atoms with Crippen molar-refractivity contribution in [1.82, 2.24) is 0 Å². The summed E-state index contributed by atoms with van der Waals surface area (Å²) in [5.41, 5.74) is 7.32. The summed E-state index contributed by atoms with van der Waals surface area (Å²) in [6, 6.07) is 7.70. The third-order valence-electron chi connectivity index (χ3n) is 1.87. The van der Waals surface area contributed by atoms with Crippen LogP contribution < -0.4 is 11.1 Å². The van der Waals surface area contributed by atoms with E-state index in [0.717, 1.165) is 17.8 Å². The molecule has 1 aromatic carbocycles. The van der Waals surface area contributed by atoms with Crippen molar-refractivity contribution in [1.29, 1.82) is 0 Å². The maximum atomic E-state index is 9.25. The van der Waals surface area contributed by atoms with Gasteiger partial charge in [0, 0.05) is 18.8 Å². The van der Waals surface area contributed by atoms with Crippen LogP contribution in [0, 0.1) is 0 Å². The van der Waals surface area contributed by atoms with Crippen molar-refractivity contribution in [3.63, 3.8) is 0 Å². The molecule has 1 rings (SSSR count). The van der Waals surface area contributed by atoms with Gasteiger partial charge >= 0.3 is 0 Å². The highest BCUT2D eigenvalue weighted by Gasteiger charge is 1.98. The smallest absolute Gasteiger partial charge is 0.0761 e. The molecule has 3 nitrogen and oxygen atoms in total. The van der Waals surface area contributed by atoms with E-state index in [0.29, 0.717) is 6.54 Å². The molecule has 0 bridgehead atoms. The van der Waals surface area contributed by atoms with Gasteiger partial charge < -0.3 is 16.2 Å². The number of aliphatic hydroxyl groups excluding tert-OH is 1. The Bertz CT molecular complexity index is 244. The van der Waals surface area contributed by atoms with Crippen LogP contribution in [0.5, 0.6) is 0 Å². The summed E-state index contributed by atoms with van der Waals surface area (Å²) in [6.07, 6.45) is -0.399. The molecule has 4 N–H and O–H groups in total. The Balaban J connectivity index is 2.59. The third-order valence-corrected chi connectivity index (χ3v) is 1.87. The third kappa shape index (κ3) is 3.05. The van der Waals surface area contributed by atoms with Crippen LogP contribution in [-0.2, 0) is 0 Å². The van der Waals surface area contributed by atoms with Crippen LogP contribution in [0.3, 0.4) is 0 Å². The second-order valence-electron chi connectivity index (χ2n) is 3.01. The molecule has 0 spiro atoms. The minimum absolute atomic E-state index is 0.399. The number of nitrogens with two attached hydrogens (primary N) is 1. The number of aliphatic hydroxyl groups is 1. The largest absolute Gasteiger partial charge is 0.389 e. The Hall–Kier alpha value is -1.06. The second-order valence-corrected chi connectivity index (χ2v) is 3.01. The minimum Gasteiger partial charge on any atom is -0.389 e. The van der Waals surface area contributed by atoms with E-state index in [9.17, 15) is 5.11 Å². The van der Waals surface area contributed by atoms with Crippen LogP contribution in [0.4, 0.5) is 5.69 Å². The number of rotatable bonds is 4. The number of anilines is 1. The van der Waals surface area contributed by atoms with E-state index in [-0.39, 0.29) is 0 Å². The highest BCUT2D eigenvalue weighted by molar-refractivity contribution is 5.44. The molecule has 0 saturated heterocycles. The molecule has 0 aliphatic rings. The lowest BCUT2D eigenvalue weighted by molar-refractivity contribution is 0.199. The van der Waals surface area contributed by atoms with Gasteiger partial charge in [0.1, 0.15) is 0 Å². The van der Waals surface area contributed by atoms with E-state index >= 15 is 0 Å². The molecule has 13 heavy (non-hydrogen) atoms. The maximum absolute atomic E-state index is 9.25. The van der Waals surface area contributed by atoms with E-state index in [1.807, 2.05) is 24.3 Å². The molecule has 1 aromatic rings. The van der Waals surface area contributed by atoms with Crippen molar-refractivity contribution in [3.05, 3.63) is 29.8 Å². The lowest BCUT2D eigenvalue weighted by atomic mass is 10.1. The predicted molar refractivity (Wildman–Crippen MR) is 54.6 cm³/mol. The standard InChI is InChI=1S/C10H16N2O/c1-8(13)9-2-4-10(5-3-9)12-7-6-11/h2-5,8,12-13H,6-7,11H2,1H3. The van der Waals surface area contributed by atoms with E-state index in [1.54, 1.807) is 6.92 Å². The fourth-order valence-corrected chi connectivity index (χ4v) is 1.10. The molecule has 0 aliphatic heterocycles. The molecule has 1 atom stereocenters. The zero-order valence-corrected chi connectivity index (χ0v) is 7.83. The quantitative estimate of drug-likeness (QED) is 0.650. The topological polar surface area (TPSA) is 58.3 Å². The van der Waals surface area contributed by atoms with Crippen molar-refractivity contribution in [2.75, 3.05) is 18.4 Å². The van der Waals surface area contributed by atoms with Crippen molar-refractivity contribution in [2.24, 2.45) is 5.73 Å². The maximum Gasteiger partial charge on any atom is 0.0761 e. The molecule has 0 aliphatic carbocycles. The second kappa shape index (κ2) is 4.84. The van der Waals surface area contributed by atoms with Gasteiger partial charge in [-0.2, -0.15) is 0 Å². The van der Waals surface area contributed by atoms with Crippen molar-refractivity contribution >= 4 is 5.69 Å². The normalized spacial score (nSPS) is 12.5. The Morgan fingerprint density at radius 1 is 1.38 bits per heavy atom. The summed E-state index contributed by atoms with van der Waals surface area (Å²) in [5.74, 6) is 0. The zero-order valence-electron chi connectivity index (χ0n) is 7.83. The fourth-order valence-electron chi connectivity index (χ4n) is 1.10. The van der Waals surface area contributed by atoms with E-state index in [4.69, 9.17) is 5.73 Å². The van der Waals surface area contributed by atoms with E-state index in [2.05, 4.69) is 5.32 Å². The fraction of sp³-hybridized carbons (Fsp3) is 0.400. The Kier molecular flexibility index (Phi) is 3.73. The first-order chi connectivity index (χ1) is 6.24. The number of benzene rings is 1. The van der Waals surface area contributed by atoms with Gasteiger partial charge in [-0.05, 0) is 24.6 Å². The first-order valence-electron chi connectivity index (χ1n) is 4.46. The van der Waals surface area contributed by atoms with Crippen LogP contribution >= 0.6 is 0 Å². The summed E-state index contributed by atoms with van der Waals surface area (Å²) in [7, 11) is 0. The average Bonchev–Trinajstić information content (AvgIpc) is 2.15. The molecular weight excluding hydrogens is 164 g/mol. The molecule has 0 heterocycles. The lowest BCUT2D eigenvalue weighted by Gasteiger charge is -2.07. The Morgan fingerprint density at radius 2 is 2.00 bits per heavy atom. The molecule has 3 heteroatoms. The summed E-state index contributed by atoms with van der Waals surface area (Å²) in [5, 5.41) is 12.4. The molecule has 0 aromatic heterocycles. The average molecular weight is 180 g/mol. The molecule has 0 radical (unpaired) electrons. The SMILES string of the molecule is CC(O)c1ccc(NCCN)cc1.